The summed E-state index contributed by atoms with van der Waals surface area (Å²) < 4.78 is 41.3. The van der Waals surface area contributed by atoms with E-state index in [4.69, 9.17) is 9.47 Å². The van der Waals surface area contributed by atoms with E-state index in [1.807, 2.05) is 0 Å². The Morgan fingerprint density at radius 2 is 1.87 bits per heavy atom. The first-order valence-corrected chi connectivity index (χ1v) is 12.3. The van der Waals surface area contributed by atoms with Crippen molar-refractivity contribution in [3.05, 3.63) is 18.2 Å². The molecule has 0 radical (unpaired) electrons. The Labute approximate surface area is 188 Å². The number of esters is 1. The number of sulfonamides is 1. The van der Waals surface area contributed by atoms with E-state index in [2.05, 4.69) is 20.3 Å². The highest BCUT2D eigenvalue weighted by Crippen LogP contribution is 2.33. The lowest BCUT2D eigenvalue weighted by Gasteiger charge is -2.28. The third kappa shape index (κ3) is 6.45. The number of benzene rings is 1. The van der Waals surface area contributed by atoms with Crippen LogP contribution in [0.2, 0.25) is 0 Å². The van der Waals surface area contributed by atoms with Crippen LogP contribution in [0.1, 0.15) is 6.92 Å². The molecule has 31 heavy (non-hydrogen) atoms. The van der Waals surface area contributed by atoms with Gasteiger partial charge in [-0.2, -0.15) is 0 Å². The lowest BCUT2D eigenvalue weighted by atomic mass is 10.2. The standard InChI is InChI=1S/C17H22N4O7S3/c1-10(15(23)18-16-19-20-17(30-16)29-9-14(22)28-4)21(31(5,24)25)11-6-7-12(26-2)13(8-11)27-3/h6-8,10H,9H2,1-5H3,(H,18,19,23)/t10-/m0/s1. The molecule has 1 aromatic heterocycles. The summed E-state index contributed by atoms with van der Waals surface area (Å²) in [4.78, 5) is 24.0. The second kappa shape index (κ2) is 10.6. The predicted molar refractivity (Wildman–Crippen MR) is 118 cm³/mol. The van der Waals surface area contributed by atoms with E-state index in [9.17, 15) is 18.0 Å². The minimum atomic E-state index is -3.83. The molecule has 14 heteroatoms. The van der Waals surface area contributed by atoms with Gasteiger partial charge in [0.25, 0.3) is 0 Å². The summed E-state index contributed by atoms with van der Waals surface area (Å²) in [6.45, 7) is 1.45. The predicted octanol–water partition coefficient (Wildman–Crippen LogP) is 1.61. The van der Waals surface area contributed by atoms with E-state index < -0.39 is 27.9 Å². The molecule has 0 aliphatic carbocycles. The highest BCUT2D eigenvalue weighted by Gasteiger charge is 2.30. The Morgan fingerprint density at radius 3 is 2.45 bits per heavy atom. The van der Waals surface area contributed by atoms with Crippen molar-refractivity contribution in [1.82, 2.24) is 10.2 Å². The maximum Gasteiger partial charge on any atom is 0.316 e. The fourth-order valence-electron chi connectivity index (χ4n) is 2.48. The van der Waals surface area contributed by atoms with E-state index in [-0.39, 0.29) is 16.6 Å². The van der Waals surface area contributed by atoms with E-state index in [0.717, 1.165) is 33.7 Å². The van der Waals surface area contributed by atoms with Crippen LogP contribution in [0.15, 0.2) is 22.5 Å². The molecule has 11 nitrogen and oxygen atoms in total. The van der Waals surface area contributed by atoms with Crippen molar-refractivity contribution in [3.63, 3.8) is 0 Å². The number of nitrogens with one attached hydrogen (secondary N) is 1. The molecule has 0 spiro atoms. The van der Waals surface area contributed by atoms with E-state index in [1.54, 1.807) is 6.07 Å². The number of rotatable bonds is 10. The van der Waals surface area contributed by atoms with Crippen LogP contribution in [0.25, 0.3) is 0 Å². The molecular weight excluding hydrogens is 468 g/mol. The monoisotopic (exact) mass is 490 g/mol. The SMILES string of the molecule is COC(=O)CSc1nnc(NC(=O)[C@H](C)N(c2ccc(OC)c(OC)c2)S(C)(=O)=O)s1. The van der Waals surface area contributed by atoms with Crippen LogP contribution in [0.3, 0.4) is 0 Å². The van der Waals surface area contributed by atoms with Crippen LogP contribution in [0, 0.1) is 0 Å². The van der Waals surface area contributed by atoms with Gasteiger partial charge in [-0.15, -0.1) is 10.2 Å². The largest absolute Gasteiger partial charge is 0.493 e. The molecule has 0 unspecified atom stereocenters. The van der Waals surface area contributed by atoms with Crippen molar-refractivity contribution in [2.24, 2.45) is 0 Å². The number of thioether (sulfide) groups is 1. The van der Waals surface area contributed by atoms with Crippen molar-refractivity contribution in [2.45, 2.75) is 17.3 Å². The molecule has 1 amide bonds. The first kappa shape index (κ1) is 24.7. The van der Waals surface area contributed by atoms with Gasteiger partial charge in [0.2, 0.25) is 21.1 Å². The Bertz CT molecular complexity index is 1040. The van der Waals surface area contributed by atoms with Gasteiger partial charge < -0.3 is 14.2 Å². The summed E-state index contributed by atoms with van der Waals surface area (Å²) in [7, 11) is 0.337. The van der Waals surface area contributed by atoms with Crippen LogP contribution < -0.4 is 19.1 Å². The number of aromatic nitrogens is 2. The molecule has 2 rings (SSSR count). The minimum absolute atomic E-state index is 0.0522. The van der Waals surface area contributed by atoms with E-state index in [0.29, 0.717) is 15.8 Å². The van der Waals surface area contributed by atoms with Crippen LogP contribution in [-0.2, 0) is 24.3 Å². The van der Waals surface area contributed by atoms with Crippen LogP contribution in [0.5, 0.6) is 11.5 Å². The van der Waals surface area contributed by atoms with Gasteiger partial charge in [0.15, 0.2) is 15.8 Å². The number of methoxy groups -OCH3 is 3. The summed E-state index contributed by atoms with van der Waals surface area (Å²) in [6, 6.07) is 3.42. The van der Waals surface area contributed by atoms with Crippen LogP contribution >= 0.6 is 23.1 Å². The van der Waals surface area contributed by atoms with Crippen molar-refractivity contribution in [1.29, 1.82) is 0 Å². The highest BCUT2D eigenvalue weighted by atomic mass is 32.2. The molecular formula is C17H22N4O7S3. The smallest absolute Gasteiger partial charge is 0.316 e. The fourth-order valence-corrected chi connectivity index (χ4v) is 5.23. The van der Waals surface area contributed by atoms with Gasteiger partial charge in [-0.25, -0.2) is 8.42 Å². The Balaban J connectivity index is 2.21. The molecule has 0 fully saturated rings. The summed E-state index contributed by atoms with van der Waals surface area (Å²) in [6.07, 6.45) is 1.000. The number of ether oxygens (including phenoxy) is 3. The van der Waals surface area contributed by atoms with Gasteiger partial charge in [-0.1, -0.05) is 23.1 Å². The quantitative estimate of drug-likeness (QED) is 0.297. The third-order valence-corrected chi connectivity index (χ3v) is 7.08. The number of hydrogen-bond acceptors (Lipinski definition) is 11. The number of carbonyl (C=O) groups excluding carboxylic acids is 2. The fraction of sp³-hybridized carbons (Fsp3) is 0.412. The number of hydrogen-bond donors (Lipinski definition) is 1. The zero-order valence-corrected chi connectivity index (χ0v) is 19.9. The van der Waals surface area contributed by atoms with Crippen molar-refractivity contribution in [3.8, 4) is 11.5 Å². The van der Waals surface area contributed by atoms with E-state index in [1.165, 1.54) is 40.4 Å². The van der Waals surface area contributed by atoms with Crippen molar-refractivity contribution in [2.75, 3.05) is 43.0 Å². The third-order valence-electron chi connectivity index (χ3n) is 3.89. The zero-order chi connectivity index (χ0) is 23.2. The normalized spacial score (nSPS) is 12.0. The zero-order valence-electron chi connectivity index (χ0n) is 17.4. The van der Waals surface area contributed by atoms with Gasteiger partial charge in [-0.05, 0) is 19.1 Å². The second-order valence-corrected chi connectivity index (χ2v) is 10.1. The second-order valence-electron chi connectivity index (χ2n) is 6.00. The molecule has 0 aliphatic heterocycles. The summed E-state index contributed by atoms with van der Waals surface area (Å²) in [5.74, 6) is -0.240. The summed E-state index contributed by atoms with van der Waals surface area (Å²) in [5.41, 5.74) is 0.231. The molecule has 1 heterocycles. The molecule has 170 valence electrons. The summed E-state index contributed by atoms with van der Waals surface area (Å²) >= 11 is 2.17. The van der Waals surface area contributed by atoms with E-state index >= 15 is 0 Å². The Kier molecular flexibility index (Phi) is 8.47. The average molecular weight is 491 g/mol. The van der Waals surface area contributed by atoms with Gasteiger partial charge in [0, 0.05) is 6.07 Å². The molecule has 0 saturated heterocycles. The molecule has 2 aromatic rings. The van der Waals surface area contributed by atoms with Gasteiger partial charge in [0.1, 0.15) is 6.04 Å². The van der Waals surface area contributed by atoms with Crippen LogP contribution in [0.4, 0.5) is 10.8 Å². The first-order valence-electron chi connectivity index (χ1n) is 8.66. The molecule has 1 atom stereocenters. The molecule has 0 aliphatic rings. The molecule has 0 saturated carbocycles. The molecule has 0 bridgehead atoms. The maximum atomic E-state index is 12.8. The van der Waals surface area contributed by atoms with Gasteiger partial charge >= 0.3 is 5.97 Å². The topological polar surface area (TPSA) is 137 Å². The number of carbonyl (C=O) groups is 2. The lowest BCUT2D eigenvalue weighted by molar-refractivity contribution is -0.137. The molecule has 1 aromatic carbocycles. The van der Waals surface area contributed by atoms with Crippen molar-refractivity contribution < 1.29 is 32.2 Å². The number of anilines is 2. The van der Waals surface area contributed by atoms with Crippen LogP contribution in [-0.4, -0.2) is 69.9 Å². The minimum Gasteiger partial charge on any atom is -0.493 e. The van der Waals surface area contributed by atoms with Gasteiger partial charge in [-0.3, -0.25) is 19.2 Å². The molecule has 1 N–H and O–H groups in total. The Morgan fingerprint density at radius 1 is 1.19 bits per heavy atom. The Hall–Kier alpha value is -2.58. The maximum absolute atomic E-state index is 12.8. The van der Waals surface area contributed by atoms with Crippen molar-refractivity contribution >= 4 is 55.8 Å². The number of amides is 1. The van der Waals surface area contributed by atoms with Gasteiger partial charge in [0.05, 0.1) is 39.0 Å². The number of nitrogens with zero attached hydrogens (tertiary/aromatic N) is 3. The summed E-state index contributed by atoms with van der Waals surface area (Å²) in [5, 5.41) is 10.4. The lowest BCUT2D eigenvalue weighted by Crippen LogP contribution is -2.45. The first-order chi connectivity index (χ1) is 14.6. The highest BCUT2D eigenvalue weighted by molar-refractivity contribution is 8.01. The average Bonchev–Trinajstić information content (AvgIpc) is 3.17.